The molecule has 0 atom stereocenters. The number of aromatic nitrogens is 2. The lowest BCUT2D eigenvalue weighted by Gasteiger charge is -2.38. The van der Waals surface area contributed by atoms with Gasteiger partial charge in [-0.25, -0.2) is 4.98 Å². The minimum Gasteiger partial charge on any atom is -0.378 e. The second kappa shape index (κ2) is 3.59. The summed E-state index contributed by atoms with van der Waals surface area (Å²) in [7, 11) is 1.70. The number of ether oxygens (including phenoxy) is 1. The maximum atomic E-state index is 5.76. The predicted octanol–water partition coefficient (Wildman–Crippen LogP) is 0.547. The molecule has 14 heavy (non-hydrogen) atoms. The Morgan fingerprint density at radius 3 is 2.86 bits per heavy atom. The first kappa shape index (κ1) is 9.48. The maximum Gasteiger partial charge on any atom is 0.223 e. The van der Waals surface area contributed by atoms with Gasteiger partial charge in [-0.1, -0.05) is 11.6 Å². The normalized spacial score (nSPS) is 16.9. The molecule has 0 aromatic carbocycles. The van der Waals surface area contributed by atoms with Crippen LogP contribution < -0.4 is 10.6 Å². The lowest BCUT2D eigenvalue weighted by atomic mass is 10.2. The molecule has 0 radical (unpaired) electrons. The number of nitrogens with zero attached hydrogens (tertiary/aromatic N) is 3. The van der Waals surface area contributed by atoms with Gasteiger partial charge in [0.15, 0.2) is 0 Å². The number of nitrogen functional groups attached to an aromatic ring is 1. The van der Waals surface area contributed by atoms with Crippen LogP contribution in [0, 0.1) is 0 Å². The third-order valence-electron chi connectivity index (χ3n) is 2.20. The van der Waals surface area contributed by atoms with Crippen LogP contribution in [0.4, 0.5) is 11.8 Å². The number of halogens is 1. The Hall–Kier alpha value is -1.07. The lowest BCUT2D eigenvalue weighted by Crippen LogP contribution is -2.52. The quantitative estimate of drug-likeness (QED) is 0.729. The molecule has 0 aliphatic carbocycles. The van der Waals surface area contributed by atoms with E-state index < -0.39 is 0 Å². The van der Waals surface area contributed by atoms with E-state index >= 15 is 0 Å². The Balaban J connectivity index is 2.10. The number of nitrogens with two attached hydrogens (primary N) is 1. The van der Waals surface area contributed by atoms with Crippen molar-refractivity contribution in [2.75, 3.05) is 30.8 Å². The highest BCUT2D eigenvalue weighted by Gasteiger charge is 2.27. The Labute approximate surface area is 86.8 Å². The van der Waals surface area contributed by atoms with Crippen molar-refractivity contribution in [1.82, 2.24) is 9.97 Å². The van der Waals surface area contributed by atoms with Crippen molar-refractivity contribution in [2.45, 2.75) is 6.10 Å². The van der Waals surface area contributed by atoms with E-state index in [0.29, 0.717) is 5.15 Å². The van der Waals surface area contributed by atoms with Crippen LogP contribution in [0.3, 0.4) is 0 Å². The van der Waals surface area contributed by atoms with E-state index in [4.69, 9.17) is 22.1 Å². The summed E-state index contributed by atoms with van der Waals surface area (Å²) in [4.78, 5) is 9.91. The van der Waals surface area contributed by atoms with Gasteiger partial charge in [-0.2, -0.15) is 4.98 Å². The van der Waals surface area contributed by atoms with Gasteiger partial charge in [-0.15, -0.1) is 0 Å². The predicted molar refractivity (Wildman–Crippen MR) is 54.5 cm³/mol. The van der Waals surface area contributed by atoms with E-state index in [0.717, 1.165) is 18.9 Å². The second-order valence-corrected chi connectivity index (χ2v) is 3.56. The molecular weight excluding hydrogens is 204 g/mol. The molecule has 0 amide bonds. The van der Waals surface area contributed by atoms with E-state index in [1.807, 2.05) is 4.90 Å². The van der Waals surface area contributed by atoms with Crippen molar-refractivity contribution in [3.05, 3.63) is 11.2 Å². The summed E-state index contributed by atoms with van der Waals surface area (Å²) < 4.78 is 5.15. The number of anilines is 2. The second-order valence-electron chi connectivity index (χ2n) is 3.17. The molecule has 0 unspecified atom stereocenters. The highest BCUT2D eigenvalue weighted by molar-refractivity contribution is 6.29. The number of rotatable bonds is 2. The zero-order valence-electron chi connectivity index (χ0n) is 7.77. The van der Waals surface area contributed by atoms with Crippen LogP contribution >= 0.6 is 11.6 Å². The average molecular weight is 215 g/mol. The number of methoxy groups -OCH3 is 1. The third kappa shape index (κ3) is 1.73. The van der Waals surface area contributed by atoms with Crippen molar-refractivity contribution in [3.8, 4) is 0 Å². The van der Waals surface area contributed by atoms with E-state index in [1.54, 1.807) is 13.2 Å². The minimum absolute atomic E-state index is 0.202. The largest absolute Gasteiger partial charge is 0.378 e. The summed E-state index contributed by atoms with van der Waals surface area (Å²) in [5, 5.41) is 0.369. The zero-order valence-corrected chi connectivity index (χ0v) is 8.53. The Morgan fingerprint density at radius 1 is 1.57 bits per heavy atom. The van der Waals surface area contributed by atoms with Crippen molar-refractivity contribution >= 4 is 23.4 Å². The topological polar surface area (TPSA) is 64.3 Å². The van der Waals surface area contributed by atoms with Crippen LogP contribution in [-0.2, 0) is 4.74 Å². The Bertz CT molecular complexity index is 320. The molecule has 0 spiro atoms. The van der Waals surface area contributed by atoms with Crippen LogP contribution in [0.15, 0.2) is 6.07 Å². The van der Waals surface area contributed by atoms with Crippen LogP contribution in [0.5, 0.6) is 0 Å². The van der Waals surface area contributed by atoms with Gasteiger partial charge in [0.1, 0.15) is 11.0 Å². The fourth-order valence-electron chi connectivity index (χ4n) is 1.36. The SMILES string of the molecule is COC1CN(c2cc(Cl)nc(N)n2)C1. The average Bonchev–Trinajstić information content (AvgIpc) is 2.00. The zero-order chi connectivity index (χ0) is 10.1. The van der Waals surface area contributed by atoms with Crippen molar-refractivity contribution in [3.63, 3.8) is 0 Å². The molecule has 76 valence electrons. The molecule has 1 fully saturated rings. The summed E-state index contributed by atoms with van der Waals surface area (Å²) >= 11 is 5.76. The summed E-state index contributed by atoms with van der Waals surface area (Å²) in [6.07, 6.45) is 0.282. The van der Waals surface area contributed by atoms with Crippen molar-refractivity contribution in [2.24, 2.45) is 0 Å². The molecule has 1 aliphatic heterocycles. The molecule has 0 saturated carbocycles. The monoisotopic (exact) mass is 214 g/mol. The third-order valence-corrected chi connectivity index (χ3v) is 2.40. The molecule has 1 aromatic rings. The van der Waals surface area contributed by atoms with Gasteiger partial charge in [-0.05, 0) is 0 Å². The smallest absolute Gasteiger partial charge is 0.223 e. The molecule has 5 nitrogen and oxygen atoms in total. The Morgan fingerprint density at radius 2 is 2.29 bits per heavy atom. The highest BCUT2D eigenvalue weighted by atomic mass is 35.5. The van der Waals surface area contributed by atoms with Gasteiger partial charge in [0, 0.05) is 26.3 Å². The summed E-state index contributed by atoms with van der Waals surface area (Å²) in [5.74, 6) is 0.962. The van der Waals surface area contributed by atoms with E-state index in [9.17, 15) is 0 Å². The van der Waals surface area contributed by atoms with Crippen molar-refractivity contribution < 1.29 is 4.74 Å². The fraction of sp³-hybridized carbons (Fsp3) is 0.500. The summed E-state index contributed by atoms with van der Waals surface area (Å²) in [5.41, 5.74) is 5.48. The van der Waals surface area contributed by atoms with Crippen LogP contribution in [-0.4, -0.2) is 36.3 Å². The molecule has 0 bridgehead atoms. The van der Waals surface area contributed by atoms with Gasteiger partial charge in [0.25, 0.3) is 0 Å². The molecule has 2 rings (SSSR count). The number of hydrogen-bond acceptors (Lipinski definition) is 5. The molecule has 2 heterocycles. The first-order valence-corrected chi connectivity index (χ1v) is 4.64. The lowest BCUT2D eigenvalue weighted by molar-refractivity contribution is 0.0783. The van der Waals surface area contributed by atoms with Crippen LogP contribution in [0.1, 0.15) is 0 Å². The van der Waals surface area contributed by atoms with Crippen LogP contribution in [0.2, 0.25) is 5.15 Å². The highest BCUT2D eigenvalue weighted by Crippen LogP contribution is 2.22. The minimum atomic E-state index is 0.202. The molecule has 1 aliphatic rings. The van der Waals surface area contributed by atoms with Gasteiger partial charge in [-0.3, -0.25) is 0 Å². The van der Waals surface area contributed by atoms with Gasteiger partial charge in [0.2, 0.25) is 5.95 Å². The summed E-state index contributed by atoms with van der Waals surface area (Å²) in [6, 6.07) is 1.70. The molecular formula is C8H11ClN4O. The van der Waals surface area contributed by atoms with Gasteiger partial charge < -0.3 is 15.4 Å². The van der Waals surface area contributed by atoms with Crippen LogP contribution in [0.25, 0.3) is 0 Å². The Kier molecular flexibility index (Phi) is 2.43. The van der Waals surface area contributed by atoms with E-state index in [2.05, 4.69) is 9.97 Å². The first-order chi connectivity index (χ1) is 6.69. The standard InChI is InChI=1S/C8H11ClN4O/c1-14-5-3-13(4-5)7-2-6(9)11-8(10)12-7/h2,5H,3-4H2,1H3,(H2,10,11,12). The summed E-state index contributed by atoms with van der Waals surface area (Å²) in [6.45, 7) is 1.65. The molecule has 1 saturated heterocycles. The van der Waals surface area contributed by atoms with Gasteiger partial charge in [0.05, 0.1) is 6.10 Å². The molecule has 1 aromatic heterocycles. The van der Waals surface area contributed by atoms with Gasteiger partial charge >= 0.3 is 0 Å². The first-order valence-electron chi connectivity index (χ1n) is 4.27. The fourth-order valence-corrected chi connectivity index (χ4v) is 1.54. The maximum absolute atomic E-state index is 5.76. The molecule has 6 heteroatoms. The van der Waals surface area contributed by atoms with E-state index in [-0.39, 0.29) is 12.1 Å². The van der Waals surface area contributed by atoms with E-state index in [1.165, 1.54) is 0 Å². The number of hydrogen-bond donors (Lipinski definition) is 1. The molecule has 2 N–H and O–H groups in total. The van der Waals surface area contributed by atoms with Crippen molar-refractivity contribution in [1.29, 1.82) is 0 Å².